The zero-order valence-corrected chi connectivity index (χ0v) is 11.7. The van der Waals surface area contributed by atoms with E-state index in [0.717, 1.165) is 6.07 Å². The van der Waals surface area contributed by atoms with E-state index in [0.29, 0.717) is 4.47 Å². The number of benzene rings is 1. The maximum atomic E-state index is 12.9. The molecule has 2 rings (SSSR count). The van der Waals surface area contributed by atoms with E-state index in [9.17, 15) is 18.0 Å². The highest BCUT2D eigenvalue weighted by Gasteiger charge is 2.34. The van der Waals surface area contributed by atoms with Gasteiger partial charge in [-0.15, -0.1) is 0 Å². The highest BCUT2D eigenvalue weighted by atomic mass is 79.9. The number of carboxylic acids is 1. The van der Waals surface area contributed by atoms with Gasteiger partial charge in [0.05, 0.1) is 11.5 Å². The standard InChI is InChI=1S/C13H11BrF3NO2/c14-8-2-4-10(13(15,16)17)11(6-8)18-9-3-1-7(5-9)12(19)20/h1-4,6-7,9,18H,5H2,(H,19,20). The number of hydrogen-bond acceptors (Lipinski definition) is 2. The van der Waals surface area contributed by atoms with Crippen LogP contribution in [0.25, 0.3) is 0 Å². The van der Waals surface area contributed by atoms with Gasteiger partial charge in [-0.3, -0.25) is 4.79 Å². The van der Waals surface area contributed by atoms with Gasteiger partial charge in [0.25, 0.3) is 0 Å². The van der Waals surface area contributed by atoms with Gasteiger partial charge >= 0.3 is 12.1 Å². The minimum atomic E-state index is -4.46. The van der Waals surface area contributed by atoms with Crippen LogP contribution >= 0.6 is 15.9 Å². The quantitative estimate of drug-likeness (QED) is 0.813. The van der Waals surface area contributed by atoms with Gasteiger partial charge in [0, 0.05) is 16.2 Å². The molecule has 0 heterocycles. The maximum absolute atomic E-state index is 12.9. The van der Waals surface area contributed by atoms with Gasteiger partial charge in [0.1, 0.15) is 0 Å². The molecule has 0 spiro atoms. The summed E-state index contributed by atoms with van der Waals surface area (Å²) in [5.74, 6) is -1.63. The van der Waals surface area contributed by atoms with Crippen molar-refractivity contribution in [1.29, 1.82) is 0 Å². The van der Waals surface area contributed by atoms with E-state index in [2.05, 4.69) is 21.2 Å². The smallest absolute Gasteiger partial charge is 0.418 e. The minimum absolute atomic E-state index is 0.0624. The second-order valence-corrected chi connectivity index (χ2v) is 5.42. The molecule has 0 saturated heterocycles. The normalized spacial score (nSPS) is 22.0. The fourth-order valence-corrected chi connectivity index (χ4v) is 2.43. The summed E-state index contributed by atoms with van der Waals surface area (Å²) in [4.78, 5) is 10.8. The molecule has 2 N–H and O–H groups in total. The maximum Gasteiger partial charge on any atom is 0.418 e. The molecule has 7 heteroatoms. The van der Waals surface area contributed by atoms with E-state index in [1.54, 1.807) is 6.08 Å². The molecule has 108 valence electrons. The summed E-state index contributed by atoms with van der Waals surface area (Å²) in [5, 5.41) is 11.6. The third-order valence-corrected chi connectivity index (χ3v) is 3.52. The van der Waals surface area contributed by atoms with Crippen LogP contribution in [0.15, 0.2) is 34.8 Å². The van der Waals surface area contributed by atoms with E-state index in [4.69, 9.17) is 5.11 Å². The highest BCUT2D eigenvalue weighted by Crippen LogP contribution is 2.37. The van der Waals surface area contributed by atoms with Crippen molar-refractivity contribution in [1.82, 2.24) is 0 Å². The first kappa shape index (κ1) is 14.9. The predicted molar refractivity (Wildman–Crippen MR) is 71.4 cm³/mol. The second-order valence-electron chi connectivity index (χ2n) is 4.50. The molecule has 1 aliphatic rings. The summed E-state index contributed by atoms with van der Waals surface area (Å²) < 4.78 is 39.2. The molecule has 0 radical (unpaired) electrons. The Morgan fingerprint density at radius 1 is 1.35 bits per heavy atom. The van der Waals surface area contributed by atoms with Crippen LogP contribution in [0.3, 0.4) is 0 Å². The van der Waals surface area contributed by atoms with Crippen molar-refractivity contribution >= 4 is 27.6 Å². The van der Waals surface area contributed by atoms with E-state index < -0.39 is 29.7 Å². The number of alkyl halides is 3. The van der Waals surface area contributed by atoms with Gasteiger partial charge in [-0.25, -0.2) is 0 Å². The number of aliphatic carboxylic acids is 1. The number of nitrogens with one attached hydrogen (secondary N) is 1. The molecule has 0 amide bonds. The zero-order chi connectivity index (χ0) is 14.9. The van der Waals surface area contributed by atoms with Crippen LogP contribution in [0.1, 0.15) is 12.0 Å². The van der Waals surface area contributed by atoms with E-state index in [1.165, 1.54) is 18.2 Å². The summed E-state index contributed by atoms with van der Waals surface area (Å²) in [6, 6.07) is 3.22. The van der Waals surface area contributed by atoms with Crippen molar-refractivity contribution in [3.8, 4) is 0 Å². The number of anilines is 1. The van der Waals surface area contributed by atoms with Gasteiger partial charge in [0.15, 0.2) is 0 Å². The average Bonchev–Trinajstić information content (AvgIpc) is 2.76. The minimum Gasteiger partial charge on any atom is -0.481 e. The molecule has 0 bridgehead atoms. The molecule has 0 fully saturated rings. The fraction of sp³-hybridized carbons (Fsp3) is 0.308. The van der Waals surface area contributed by atoms with Crippen molar-refractivity contribution in [3.63, 3.8) is 0 Å². The lowest BCUT2D eigenvalue weighted by atomic mass is 10.1. The van der Waals surface area contributed by atoms with Crippen LogP contribution < -0.4 is 5.32 Å². The summed E-state index contributed by atoms with van der Waals surface area (Å²) in [6.07, 6.45) is -1.15. The van der Waals surface area contributed by atoms with Gasteiger partial charge in [-0.05, 0) is 24.6 Å². The molecule has 2 atom stereocenters. The van der Waals surface area contributed by atoms with Gasteiger partial charge in [-0.2, -0.15) is 13.2 Å². The average molecular weight is 350 g/mol. The van der Waals surface area contributed by atoms with Crippen LogP contribution in [0, 0.1) is 5.92 Å². The summed E-state index contributed by atoms with van der Waals surface area (Å²) in [6.45, 7) is 0. The van der Waals surface area contributed by atoms with Gasteiger partial charge in [0.2, 0.25) is 0 Å². The second kappa shape index (κ2) is 5.47. The van der Waals surface area contributed by atoms with Crippen molar-refractivity contribution in [2.75, 3.05) is 5.32 Å². The Labute approximate surface area is 121 Å². The third-order valence-electron chi connectivity index (χ3n) is 3.03. The Bertz CT molecular complexity index is 557. The molecule has 0 saturated carbocycles. The van der Waals surface area contributed by atoms with Gasteiger partial charge < -0.3 is 10.4 Å². The van der Waals surface area contributed by atoms with E-state index >= 15 is 0 Å². The Kier molecular flexibility index (Phi) is 4.08. The van der Waals surface area contributed by atoms with Crippen LogP contribution in [-0.2, 0) is 11.0 Å². The number of carbonyl (C=O) groups is 1. The Balaban J connectivity index is 2.20. The number of hydrogen-bond donors (Lipinski definition) is 2. The predicted octanol–water partition coefficient (Wildman–Crippen LogP) is 3.91. The van der Waals surface area contributed by atoms with Crippen molar-refractivity contribution in [2.45, 2.75) is 18.6 Å². The van der Waals surface area contributed by atoms with Crippen molar-refractivity contribution < 1.29 is 23.1 Å². The number of halogens is 4. The molecule has 0 aliphatic heterocycles. The molecule has 20 heavy (non-hydrogen) atoms. The first-order valence-electron chi connectivity index (χ1n) is 5.82. The van der Waals surface area contributed by atoms with Crippen molar-refractivity contribution in [3.05, 3.63) is 40.4 Å². The molecule has 3 nitrogen and oxygen atoms in total. The molecular weight excluding hydrogens is 339 g/mol. The first-order valence-corrected chi connectivity index (χ1v) is 6.61. The largest absolute Gasteiger partial charge is 0.481 e. The molecule has 1 aromatic rings. The van der Waals surface area contributed by atoms with Crippen LogP contribution in [0.5, 0.6) is 0 Å². The van der Waals surface area contributed by atoms with Crippen LogP contribution in [0.2, 0.25) is 0 Å². The van der Waals surface area contributed by atoms with Crippen LogP contribution in [-0.4, -0.2) is 17.1 Å². The summed E-state index contributed by atoms with van der Waals surface area (Å²) in [5.41, 5.74) is -0.833. The zero-order valence-electron chi connectivity index (χ0n) is 10.1. The molecule has 1 aliphatic carbocycles. The molecule has 2 unspecified atom stereocenters. The highest BCUT2D eigenvalue weighted by molar-refractivity contribution is 9.10. The van der Waals surface area contributed by atoms with Gasteiger partial charge in [-0.1, -0.05) is 28.1 Å². The van der Waals surface area contributed by atoms with E-state index in [1.807, 2.05) is 0 Å². The monoisotopic (exact) mass is 349 g/mol. The Morgan fingerprint density at radius 3 is 2.60 bits per heavy atom. The van der Waals surface area contributed by atoms with Crippen molar-refractivity contribution in [2.24, 2.45) is 5.92 Å². The molecule has 1 aromatic carbocycles. The lowest BCUT2D eigenvalue weighted by Gasteiger charge is -2.18. The summed E-state index contributed by atoms with van der Waals surface area (Å²) >= 11 is 3.13. The van der Waals surface area contributed by atoms with Crippen LogP contribution in [0.4, 0.5) is 18.9 Å². The lowest BCUT2D eigenvalue weighted by molar-refractivity contribution is -0.140. The Morgan fingerprint density at radius 2 is 2.05 bits per heavy atom. The topological polar surface area (TPSA) is 49.3 Å². The number of carboxylic acid groups (broad SMARTS) is 1. The summed E-state index contributed by atoms with van der Waals surface area (Å²) in [7, 11) is 0. The first-order chi connectivity index (χ1) is 9.27. The molecule has 0 aromatic heterocycles. The van der Waals surface area contributed by atoms with E-state index in [-0.39, 0.29) is 12.1 Å². The third kappa shape index (κ3) is 3.33. The lowest BCUT2D eigenvalue weighted by Crippen LogP contribution is -2.21. The Hall–Kier alpha value is -1.50. The SMILES string of the molecule is O=C(O)C1C=CC(Nc2cc(Br)ccc2C(F)(F)F)C1. The molecular formula is C13H11BrF3NO2. The fourth-order valence-electron chi connectivity index (χ4n) is 2.07. The number of rotatable bonds is 3.